The van der Waals surface area contributed by atoms with E-state index in [4.69, 9.17) is 21.1 Å². The van der Waals surface area contributed by atoms with E-state index >= 15 is 0 Å². The van der Waals surface area contributed by atoms with E-state index in [1.54, 1.807) is 27.5 Å². The zero-order valence-corrected chi connectivity index (χ0v) is 17.9. The van der Waals surface area contributed by atoms with E-state index in [-0.39, 0.29) is 6.04 Å². The molecule has 1 aliphatic heterocycles. The average molecular weight is 418 g/mol. The van der Waals surface area contributed by atoms with Crippen molar-refractivity contribution < 1.29 is 9.47 Å². The van der Waals surface area contributed by atoms with Gasteiger partial charge in [-0.15, -0.1) is 0 Å². The van der Waals surface area contributed by atoms with E-state index < -0.39 is 0 Å². The molecule has 156 valence electrons. The van der Waals surface area contributed by atoms with Crippen molar-refractivity contribution in [2.75, 3.05) is 45.8 Å². The second-order valence-electron chi connectivity index (χ2n) is 6.81. The second-order valence-corrected chi connectivity index (χ2v) is 7.22. The van der Waals surface area contributed by atoms with Gasteiger partial charge in [0, 0.05) is 38.9 Å². The highest BCUT2D eigenvalue weighted by molar-refractivity contribution is 6.32. The van der Waals surface area contributed by atoms with Gasteiger partial charge in [-0.1, -0.05) is 11.6 Å². The number of aliphatic imine (C=N–C) groups is 1. The minimum Gasteiger partial charge on any atom is -0.497 e. The normalized spacial score (nSPS) is 16.6. The van der Waals surface area contributed by atoms with Crippen molar-refractivity contribution in [2.45, 2.75) is 18.9 Å². The monoisotopic (exact) mass is 417 g/mol. The number of nitrogens with one attached hydrogen (secondary N) is 2. The van der Waals surface area contributed by atoms with Crippen molar-refractivity contribution in [3.8, 4) is 11.5 Å². The highest BCUT2D eigenvalue weighted by atomic mass is 35.5. The lowest BCUT2D eigenvalue weighted by Crippen LogP contribution is -2.45. The maximum Gasteiger partial charge on any atom is 0.191 e. The van der Waals surface area contributed by atoms with Crippen LogP contribution < -0.4 is 25.0 Å². The number of anilines is 1. The van der Waals surface area contributed by atoms with Crippen LogP contribution in [0, 0.1) is 0 Å². The molecule has 7 nitrogen and oxygen atoms in total. The van der Waals surface area contributed by atoms with Gasteiger partial charge in [0.2, 0.25) is 0 Å². The summed E-state index contributed by atoms with van der Waals surface area (Å²) in [5, 5.41) is 7.56. The Kier molecular flexibility index (Phi) is 7.41. The molecule has 2 N–H and O–H groups in total. The molecular formula is C21H28ClN5O2. The highest BCUT2D eigenvalue weighted by Gasteiger charge is 2.25. The van der Waals surface area contributed by atoms with Gasteiger partial charge in [0.15, 0.2) is 5.96 Å². The summed E-state index contributed by atoms with van der Waals surface area (Å²) in [5.74, 6) is 3.30. The Morgan fingerprint density at radius 1 is 1.31 bits per heavy atom. The lowest BCUT2D eigenvalue weighted by molar-refractivity contribution is 0.398. The molecule has 0 aliphatic carbocycles. The molecule has 0 bridgehead atoms. The number of benzene rings is 1. The molecule has 1 aromatic carbocycles. The molecule has 2 heterocycles. The Hall–Kier alpha value is -2.67. The molecule has 1 aromatic heterocycles. The molecule has 8 heteroatoms. The summed E-state index contributed by atoms with van der Waals surface area (Å²) >= 11 is 6.28. The third-order valence-corrected chi connectivity index (χ3v) is 5.26. The van der Waals surface area contributed by atoms with Crippen LogP contribution in [0.1, 0.15) is 12.0 Å². The van der Waals surface area contributed by atoms with Crippen molar-refractivity contribution in [1.29, 1.82) is 0 Å². The number of methoxy groups -OCH3 is 2. The molecule has 1 aliphatic rings. The van der Waals surface area contributed by atoms with Crippen LogP contribution in [0.25, 0.3) is 0 Å². The molecule has 1 saturated heterocycles. The minimum absolute atomic E-state index is 0.283. The van der Waals surface area contributed by atoms with Crippen molar-refractivity contribution in [3.05, 3.63) is 47.1 Å². The van der Waals surface area contributed by atoms with Crippen LogP contribution in [0.2, 0.25) is 5.02 Å². The Morgan fingerprint density at radius 3 is 2.90 bits per heavy atom. The summed E-state index contributed by atoms with van der Waals surface area (Å²) in [7, 11) is 5.13. The van der Waals surface area contributed by atoms with Crippen molar-refractivity contribution in [3.63, 3.8) is 0 Å². The average Bonchev–Trinajstić information content (AvgIpc) is 3.21. The van der Waals surface area contributed by atoms with Gasteiger partial charge in [-0.05, 0) is 48.7 Å². The summed E-state index contributed by atoms with van der Waals surface area (Å²) in [6, 6.07) is 9.83. The molecular weight excluding hydrogens is 390 g/mol. The number of aromatic nitrogens is 1. The van der Waals surface area contributed by atoms with E-state index in [0.717, 1.165) is 61.3 Å². The van der Waals surface area contributed by atoms with Crippen LogP contribution in [0.5, 0.6) is 11.5 Å². The lowest BCUT2D eigenvalue weighted by atomic mass is 10.1. The van der Waals surface area contributed by atoms with Gasteiger partial charge in [-0.25, -0.2) is 4.98 Å². The zero-order valence-electron chi connectivity index (χ0n) is 17.1. The van der Waals surface area contributed by atoms with Crippen LogP contribution in [0.15, 0.2) is 41.5 Å². The number of nitrogens with zero attached hydrogens (tertiary/aromatic N) is 3. The Bertz CT molecular complexity index is 846. The fraction of sp³-hybridized carbons (Fsp3) is 0.429. The first-order valence-corrected chi connectivity index (χ1v) is 10.1. The van der Waals surface area contributed by atoms with E-state index in [1.165, 1.54) is 0 Å². The molecule has 1 fully saturated rings. The number of guanidine groups is 1. The predicted octanol–water partition coefficient (Wildman–Crippen LogP) is 2.74. The summed E-state index contributed by atoms with van der Waals surface area (Å²) in [6.45, 7) is 2.47. The fourth-order valence-corrected chi connectivity index (χ4v) is 3.70. The van der Waals surface area contributed by atoms with Crippen LogP contribution in [0.3, 0.4) is 0 Å². The zero-order chi connectivity index (χ0) is 20.6. The number of hydrogen-bond acceptors (Lipinski definition) is 5. The van der Waals surface area contributed by atoms with Gasteiger partial charge < -0.3 is 25.0 Å². The van der Waals surface area contributed by atoms with Crippen LogP contribution in [-0.2, 0) is 6.42 Å². The van der Waals surface area contributed by atoms with Crippen LogP contribution in [0.4, 0.5) is 5.82 Å². The van der Waals surface area contributed by atoms with Gasteiger partial charge in [0.25, 0.3) is 0 Å². The van der Waals surface area contributed by atoms with Crippen molar-refractivity contribution >= 4 is 23.4 Å². The Labute approximate surface area is 177 Å². The molecule has 0 spiro atoms. The minimum atomic E-state index is 0.283. The molecule has 0 saturated carbocycles. The molecule has 0 radical (unpaired) electrons. The third kappa shape index (κ3) is 5.44. The Morgan fingerprint density at radius 2 is 2.17 bits per heavy atom. The summed E-state index contributed by atoms with van der Waals surface area (Å²) < 4.78 is 10.8. The Balaban J connectivity index is 1.51. The summed E-state index contributed by atoms with van der Waals surface area (Å²) in [6.07, 6.45) is 3.56. The quantitative estimate of drug-likeness (QED) is 0.533. The maximum atomic E-state index is 6.28. The standard InChI is InChI=1S/C21H28ClN5O2/c1-23-21(25-11-8-15-13-17(28-2)6-7-19(15)29-3)26-16-9-12-27(14-16)20-18(22)5-4-10-24-20/h4-7,10,13,16H,8-9,11-12,14H2,1-3H3,(H2,23,25,26). The third-order valence-electron chi connectivity index (χ3n) is 4.97. The number of pyridine rings is 1. The van der Waals surface area contributed by atoms with Crippen molar-refractivity contribution in [2.24, 2.45) is 4.99 Å². The van der Waals surface area contributed by atoms with E-state index in [1.807, 2.05) is 30.3 Å². The maximum absolute atomic E-state index is 6.28. The van der Waals surface area contributed by atoms with E-state index in [2.05, 4.69) is 25.5 Å². The highest BCUT2D eigenvalue weighted by Crippen LogP contribution is 2.26. The van der Waals surface area contributed by atoms with E-state index in [9.17, 15) is 0 Å². The SMILES string of the molecule is CN=C(NCCc1cc(OC)ccc1OC)NC1CCN(c2ncccc2Cl)C1. The number of halogens is 1. The van der Waals surface area contributed by atoms with Gasteiger partial charge in [0.05, 0.1) is 19.2 Å². The van der Waals surface area contributed by atoms with Gasteiger partial charge in [0.1, 0.15) is 17.3 Å². The molecule has 1 unspecified atom stereocenters. The predicted molar refractivity (Wildman–Crippen MR) is 118 cm³/mol. The molecule has 2 aromatic rings. The first kappa shape index (κ1) is 21.0. The largest absolute Gasteiger partial charge is 0.497 e. The molecule has 29 heavy (non-hydrogen) atoms. The van der Waals surface area contributed by atoms with Crippen LogP contribution in [-0.4, -0.2) is 57.9 Å². The first-order chi connectivity index (χ1) is 14.1. The summed E-state index contributed by atoms with van der Waals surface area (Å²) in [4.78, 5) is 11.0. The second kappa shape index (κ2) is 10.2. The molecule has 0 amide bonds. The van der Waals surface area contributed by atoms with E-state index in [0.29, 0.717) is 5.02 Å². The van der Waals surface area contributed by atoms with Crippen LogP contribution >= 0.6 is 11.6 Å². The fourth-order valence-electron chi connectivity index (χ4n) is 3.46. The smallest absolute Gasteiger partial charge is 0.191 e. The lowest BCUT2D eigenvalue weighted by Gasteiger charge is -2.20. The van der Waals surface area contributed by atoms with Gasteiger partial charge in [-0.2, -0.15) is 0 Å². The first-order valence-electron chi connectivity index (χ1n) is 9.68. The van der Waals surface area contributed by atoms with Crippen molar-refractivity contribution in [1.82, 2.24) is 15.6 Å². The topological polar surface area (TPSA) is 71.0 Å². The van der Waals surface area contributed by atoms with Gasteiger partial charge >= 0.3 is 0 Å². The number of rotatable bonds is 7. The number of hydrogen-bond donors (Lipinski definition) is 2. The molecule has 1 atom stereocenters. The number of ether oxygens (including phenoxy) is 2. The summed E-state index contributed by atoms with van der Waals surface area (Å²) in [5.41, 5.74) is 1.09. The molecule has 3 rings (SSSR count). The van der Waals surface area contributed by atoms with Gasteiger partial charge in [-0.3, -0.25) is 4.99 Å².